The molecule has 2 N–H and O–H groups in total. The molecule has 2 heterocycles. The molecule has 1 aromatic rings. The lowest BCUT2D eigenvalue weighted by Gasteiger charge is -2.30. The van der Waals surface area contributed by atoms with Gasteiger partial charge in [0, 0.05) is 24.8 Å². The third-order valence-corrected chi connectivity index (χ3v) is 6.77. The summed E-state index contributed by atoms with van der Waals surface area (Å²) in [6.07, 6.45) is 2.44. The number of hydrogen-bond donors (Lipinski definition) is 1. The van der Waals surface area contributed by atoms with E-state index in [0.29, 0.717) is 31.7 Å². The minimum atomic E-state index is -0.257. The zero-order valence-electron chi connectivity index (χ0n) is 12.5. The Morgan fingerprint density at radius 1 is 1.27 bits per heavy atom. The minimum Gasteiger partial charge on any atom is -0.369 e. The largest absolute Gasteiger partial charge is 0.369 e. The van der Waals surface area contributed by atoms with Crippen LogP contribution in [0.2, 0.25) is 0 Å². The molecule has 0 aromatic carbocycles. The van der Waals surface area contributed by atoms with Crippen molar-refractivity contribution >= 4 is 46.7 Å². The molecule has 9 heteroatoms. The van der Waals surface area contributed by atoms with Crippen LogP contribution in [-0.4, -0.2) is 51.5 Å². The Morgan fingerprint density at radius 3 is 2.50 bits per heavy atom. The van der Waals surface area contributed by atoms with Gasteiger partial charge in [0.05, 0.1) is 5.75 Å². The quantitative estimate of drug-likeness (QED) is 0.747. The Morgan fingerprint density at radius 2 is 1.91 bits per heavy atom. The van der Waals surface area contributed by atoms with Crippen molar-refractivity contribution in [2.75, 3.05) is 24.6 Å². The average molecular weight is 361 g/mol. The second-order valence-corrected chi connectivity index (χ2v) is 8.57. The fourth-order valence-corrected chi connectivity index (χ4v) is 4.98. The van der Waals surface area contributed by atoms with Crippen LogP contribution in [0.3, 0.4) is 0 Å². The van der Waals surface area contributed by atoms with Gasteiger partial charge in [0.2, 0.25) is 11.8 Å². The molecule has 6 nitrogen and oxygen atoms in total. The van der Waals surface area contributed by atoms with Crippen molar-refractivity contribution in [2.45, 2.75) is 34.9 Å². The van der Waals surface area contributed by atoms with Crippen molar-refractivity contribution < 1.29 is 9.59 Å². The number of aromatic nitrogens is 2. The SMILES string of the molecule is CCCSc1nnc(SCC(=O)N2CCC(C(N)=O)CC2)s1. The highest BCUT2D eigenvalue weighted by molar-refractivity contribution is 8.03. The number of carbonyl (C=O) groups is 2. The highest BCUT2D eigenvalue weighted by Crippen LogP contribution is 2.29. The van der Waals surface area contributed by atoms with Gasteiger partial charge in [-0.1, -0.05) is 41.8 Å². The first-order valence-electron chi connectivity index (χ1n) is 7.26. The molecule has 0 radical (unpaired) electrons. The third kappa shape index (κ3) is 5.13. The molecular formula is C13H20N4O2S3. The Bertz CT molecular complexity index is 515. The van der Waals surface area contributed by atoms with E-state index in [0.717, 1.165) is 20.9 Å². The van der Waals surface area contributed by atoms with Crippen LogP contribution in [0.25, 0.3) is 0 Å². The number of nitrogens with zero attached hydrogens (tertiary/aromatic N) is 3. The van der Waals surface area contributed by atoms with Gasteiger partial charge in [-0.25, -0.2) is 0 Å². The van der Waals surface area contributed by atoms with Crippen molar-refractivity contribution in [1.29, 1.82) is 0 Å². The number of rotatable bonds is 7. The first-order valence-corrected chi connectivity index (χ1v) is 10.0. The number of thioether (sulfide) groups is 2. The van der Waals surface area contributed by atoms with Gasteiger partial charge >= 0.3 is 0 Å². The molecule has 1 aliphatic heterocycles. The summed E-state index contributed by atoms with van der Waals surface area (Å²) in [4.78, 5) is 25.1. The van der Waals surface area contributed by atoms with E-state index in [4.69, 9.17) is 5.73 Å². The Balaban J connectivity index is 1.74. The number of nitrogens with two attached hydrogens (primary N) is 1. The molecule has 1 aliphatic rings. The summed E-state index contributed by atoms with van der Waals surface area (Å²) in [5.74, 6) is 1.15. The van der Waals surface area contributed by atoms with Crippen molar-refractivity contribution in [1.82, 2.24) is 15.1 Å². The number of likely N-dealkylation sites (tertiary alicyclic amines) is 1. The van der Waals surface area contributed by atoms with Crippen LogP contribution < -0.4 is 5.73 Å². The van der Waals surface area contributed by atoms with Crippen molar-refractivity contribution in [3.05, 3.63) is 0 Å². The smallest absolute Gasteiger partial charge is 0.233 e. The lowest BCUT2D eigenvalue weighted by atomic mass is 9.96. The molecule has 0 saturated carbocycles. The minimum absolute atomic E-state index is 0.0852. The first-order chi connectivity index (χ1) is 10.6. The van der Waals surface area contributed by atoms with Crippen LogP contribution in [0.4, 0.5) is 0 Å². The van der Waals surface area contributed by atoms with Crippen molar-refractivity contribution in [3.8, 4) is 0 Å². The molecule has 1 fully saturated rings. The molecule has 0 unspecified atom stereocenters. The molecule has 2 amide bonds. The van der Waals surface area contributed by atoms with E-state index in [1.54, 1.807) is 16.7 Å². The standard InChI is InChI=1S/C13H20N4O2S3/c1-2-7-20-12-15-16-13(22-12)21-8-10(18)17-5-3-9(4-6-17)11(14)19/h9H,2-8H2,1H3,(H2,14,19). The zero-order valence-corrected chi connectivity index (χ0v) is 14.9. The fraction of sp³-hybridized carbons (Fsp3) is 0.692. The summed E-state index contributed by atoms with van der Waals surface area (Å²) in [7, 11) is 0. The van der Waals surface area contributed by atoms with Gasteiger partial charge in [-0.15, -0.1) is 10.2 Å². The number of hydrogen-bond acceptors (Lipinski definition) is 7. The second-order valence-electron chi connectivity index (χ2n) is 5.03. The average Bonchev–Trinajstić information content (AvgIpc) is 2.98. The van der Waals surface area contributed by atoms with E-state index in [-0.39, 0.29) is 17.7 Å². The summed E-state index contributed by atoms with van der Waals surface area (Å²) >= 11 is 4.67. The van der Waals surface area contributed by atoms with E-state index in [1.807, 2.05) is 0 Å². The first kappa shape index (κ1) is 17.6. The van der Waals surface area contributed by atoms with Crippen LogP contribution in [-0.2, 0) is 9.59 Å². The molecule has 0 bridgehead atoms. The summed E-state index contributed by atoms with van der Waals surface area (Å²) in [5.41, 5.74) is 5.30. The van der Waals surface area contributed by atoms with Crippen LogP contribution in [0, 0.1) is 5.92 Å². The second kappa shape index (κ2) is 8.73. The van der Waals surface area contributed by atoms with E-state index >= 15 is 0 Å². The summed E-state index contributed by atoms with van der Waals surface area (Å²) < 4.78 is 1.79. The molecule has 0 spiro atoms. The molecule has 0 aliphatic carbocycles. The maximum absolute atomic E-state index is 12.2. The molecule has 122 valence electrons. The fourth-order valence-electron chi connectivity index (χ4n) is 2.13. The molecule has 1 saturated heterocycles. The van der Waals surface area contributed by atoms with E-state index < -0.39 is 0 Å². The van der Waals surface area contributed by atoms with Crippen LogP contribution in [0.1, 0.15) is 26.2 Å². The predicted octanol–water partition coefficient (Wildman–Crippen LogP) is 1.86. The van der Waals surface area contributed by atoms with E-state index in [9.17, 15) is 9.59 Å². The number of amides is 2. The van der Waals surface area contributed by atoms with Gasteiger partial charge in [-0.3, -0.25) is 9.59 Å². The molecule has 1 aromatic heterocycles. The van der Waals surface area contributed by atoms with E-state index in [1.165, 1.54) is 23.1 Å². The van der Waals surface area contributed by atoms with Gasteiger partial charge < -0.3 is 10.6 Å². The molecule has 2 rings (SSSR count). The predicted molar refractivity (Wildman–Crippen MR) is 90.1 cm³/mol. The third-order valence-electron chi connectivity index (χ3n) is 3.39. The Labute approximate surface area is 142 Å². The number of piperidine rings is 1. The lowest BCUT2D eigenvalue weighted by molar-refractivity contribution is -0.132. The maximum atomic E-state index is 12.2. The monoisotopic (exact) mass is 360 g/mol. The highest BCUT2D eigenvalue weighted by Gasteiger charge is 2.25. The maximum Gasteiger partial charge on any atom is 0.233 e. The normalized spacial score (nSPS) is 16.0. The molecule has 22 heavy (non-hydrogen) atoms. The Hall–Kier alpha value is -0.800. The van der Waals surface area contributed by atoms with Crippen LogP contribution in [0.5, 0.6) is 0 Å². The summed E-state index contributed by atoms with van der Waals surface area (Å²) in [5, 5.41) is 8.21. The number of primary amides is 1. The van der Waals surface area contributed by atoms with Gasteiger partial charge in [0.1, 0.15) is 0 Å². The summed E-state index contributed by atoms with van der Waals surface area (Å²) in [6, 6.07) is 0. The molecule has 0 atom stereocenters. The summed E-state index contributed by atoms with van der Waals surface area (Å²) in [6.45, 7) is 3.35. The van der Waals surface area contributed by atoms with Gasteiger partial charge in [0.25, 0.3) is 0 Å². The van der Waals surface area contributed by atoms with Crippen LogP contribution >= 0.6 is 34.9 Å². The Kier molecular flexibility index (Phi) is 6.97. The van der Waals surface area contributed by atoms with Crippen LogP contribution in [0.15, 0.2) is 8.68 Å². The van der Waals surface area contributed by atoms with Gasteiger partial charge in [0.15, 0.2) is 8.68 Å². The van der Waals surface area contributed by atoms with Gasteiger partial charge in [-0.05, 0) is 19.3 Å². The van der Waals surface area contributed by atoms with Gasteiger partial charge in [-0.2, -0.15) is 0 Å². The van der Waals surface area contributed by atoms with E-state index in [2.05, 4.69) is 17.1 Å². The highest BCUT2D eigenvalue weighted by atomic mass is 32.2. The zero-order chi connectivity index (χ0) is 15.9. The number of carbonyl (C=O) groups excluding carboxylic acids is 2. The topological polar surface area (TPSA) is 89.2 Å². The van der Waals surface area contributed by atoms with Crippen molar-refractivity contribution in [2.24, 2.45) is 11.7 Å². The van der Waals surface area contributed by atoms with Crippen molar-refractivity contribution in [3.63, 3.8) is 0 Å². The lowest BCUT2D eigenvalue weighted by Crippen LogP contribution is -2.42. The molecular weight excluding hydrogens is 340 g/mol.